The maximum Gasteiger partial charge on any atom is 0.340 e. The van der Waals surface area contributed by atoms with Gasteiger partial charge in [-0.3, -0.25) is 0 Å². The zero-order chi connectivity index (χ0) is 17.7. The summed E-state index contributed by atoms with van der Waals surface area (Å²) in [6.45, 7) is 2.40. The fourth-order valence-corrected chi connectivity index (χ4v) is 3.79. The van der Waals surface area contributed by atoms with Gasteiger partial charge in [-0.25, -0.2) is 9.59 Å². The average molecular weight is 338 g/mol. The van der Waals surface area contributed by atoms with E-state index in [0.717, 1.165) is 27.9 Å². The van der Waals surface area contributed by atoms with E-state index in [1.807, 2.05) is 29.7 Å². The number of methoxy groups -OCH3 is 2. The summed E-state index contributed by atoms with van der Waals surface area (Å²) < 4.78 is 11.8. The Morgan fingerprint density at radius 1 is 1.08 bits per heavy atom. The summed E-state index contributed by atoms with van der Waals surface area (Å²) in [6.07, 6.45) is 0.557. The van der Waals surface area contributed by atoms with Crippen LogP contribution in [0.1, 0.15) is 43.4 Å². The second kappa shape index (κ2) is 5.51. The lowest BCUT2D eigenvalue weighted by molar-refractivity contribution is 0.0555. The van der Waals surface area contributed by atoms with Gasteiger partial charge in [-0.1, -0.05) is 18.2 Å². The number of H-pyrrole nitrogens is 1. The third-order valence-electron chi connectivity index (χ3n) is 4.97. The van der Waals surface area contributed by atoms with Crippen LogP contribution in [-0.2, 0) is 22.4 Å². The van der Waals surface area contributed by atoms with Crippen LogP contribution in [0.3, 0.4) is 0 Å². The van der Waals surface area contributed by atoms with Gasteiger partial charge in [-0.05, 0) is 18.6 Å². The number of para-hydroxylation sites is 1. The van der Waals surface area contributed by atoms with Crippen LogP contribution in [0.4, 0.5) is 0 Å². The van der Waals surface area contributed by atoms with Gasteiger partial charge >= 0.3 is 11.9 Å². The van der Waals surface area contributed by atoms with E-state index < -0.39 is 11.9 Å². The molecule has 0 radical (unpaired) electrons. The van der Waals surface area contributed by atoms with Crippen molar-refractivity contribution in [3.05, 3.63) is 58.0 Å². The maximum absolute atomic E-state index is 12.4. The van der Waals surface area contributed by atoms with Crippen LogP contribution in [0.5, 0.6) is 0 Å². The van der Waals surface area contributed by atoms with Gasteiger partial charge in [0.2, 0.25) is 0 Å². The molecule has 0 bridgehead atoms. The zero-order valence-electron chi connectivity index (χ0n) is 14.3. The number of carbonyl (C=O) groups is 2. The molecule has 0 atom stereocenters. The second-order valence-electron chi connectivity index (χ2n) is 6.16. The minimum absolute atomic E-state index is 0.291. The number of aromatic nitrogens is 2. The maximum atomic E-state index is 12.4. The lowest BCUT2D eigenvalue weighted by Crippen LogP contribution is -2.16. The van der Waals surface area contributed by atoms with Crippen molar-refractivity contribution in [3.63, 3.8) is 0 Å². The lowest BCUT2D eigenvalue weighted by atomic mass is 9.99. The largest absolute Gasteiger partial charge is 0.465 e. The fourth-order valence-electron chi connectivity index (χ4n) is 3.79. The van der Waals surface area contributed by atoms with E-state index in [-0.39, 0.29) is 0 Å². The molecule has 6 heteroatoms. The summed E-state index contributed by atoms with van der Waals surface area (Å²) in [4.78, 5) is 28.1. The number of nitrogens with one attached hydrogen (secondary N) is 1. The number of rotatable bonds is 2. The smallest absolute Gasteiger partial charge is 0.340 e. The third kappa shape index (κ3) is 2.10. The Morgan fingerprint density at radius 2 is 1.76 bits per heavy atom. The molecule has 1 aliphatic rings. The zero-order valence-corrected chi connectivity index (χ0v) is 14.3. The summed E-state index contributed by atoms with van der Waals surface area (Å²) in [7, 11) is 2.64. The van der Waals surface area contributed by atoms with Crippen LogP contribution in [0.15, 0.2) is 24.3 Å². The molecule has 1 aromatic carbocycles. The minimum atomic E-state index is -0.520. The van der Waals surface area contributed by atoms with Crippen LogP contribution in [0.25, 0.3) is 10.9 Å². The Balaban J connectivity index is 1.95. The Kier molecular flexibility index (Phi) is 3.42. The molecule has 0 amide bonds. The molecule has 4 rings (SSSR count). The van der Waals surface area contributed by atoms with Crippen molar-refractivity contribution in [3.8, 4) is 0 Å². The predicted molar refractivity (Wildman–Crippen MR) is 92.1 cm³/mol. The molecular formula is C19H18N2O4. The van der Waals surface area contributed by atoms with Crippen molar-refractivity contribution < 1.29 is 19.1 Å². The number of nitrogens with zero attached hydrogens (tertiary/aromatic N) is 1. The van der Waals surface area contributed by atoms with Gasteiger partial charge in [0.1, 0.15) is 0 Å². The van der Waals surface area contributed by atoms with E-state index in [4.69, 9.17) is 9.47 Å². The molecule has 0 unspecified atom stereocenters. The van der Waals surface area contributed by atoms with Crippen molar-refractivity contribution in [2.24, 2.45) is 0 Å². The highest BCUT2D eigenvalue weighted by Gasteiger charge is 2.33. The first-order valence-corrected chi connectivity index (χ1v) is 8.03. The topological polar surface area (TPSA) is 73.3 Å². The number of carbonyl (C=O) groups excluding carboxylic acids is 2. The molecule has 1 N–H and O–H groups in total. The first kappa shape index (κ1) is 15.5. The quantitative estimate of drug-likeness (QED) is 0.571. The number of fused-ring (bicyclic) bond motifs is 4. The molecule has 1 aliphatic heterocycles. The Morgan fingerprint density at radius 3 is 2.48 bits per heavy atom. The summed E-state index contributed by atoms with van der Waals surface area (Å²) in [6, 6.07) is 8.09. The van der Waals surface area contributed by atoms with Gasteiger partial charge in [0.25, 0.3) is 0 Å². The van der Waals surface area contributed by atoms with Crippen LogP contribution in [-0.4, -0.2) is 35.7 Å². The standard InChI is InChI=1S/C19H18N2O4/c1-10-16(18(22)24-2)17(19(23)25-3)15-8-12-11-6-4-5-7-13(11)20-14(12)9-21(10)15/h4-7,20H,8-9H2,1-3H3. The Bertz CT molecular complexity index is 1030. The first-order valence-electron chi connectivity index (χ1n) is 8.03. The normalized spacial score (nSPS) is 12.6. The van der Waals surface area contributed by atoms with Gasteiger partial charge in [0, 0.05) is 34.4 Å². The van der Waals surface area contributed by atoms with Crippen molar-refractivity contribution in [2.45, 2.75) is 19.9 Å². The lowest BCUT2D eigenvalue weighted by Gasteiger charge is -2.18. The van der Waals surface area contributed by atoms with Crippen molar-refractivity contribution in [2.75, 3.05) is 14.2 Å². The van der Waals surface area contributed by atoms with Crippen LogP contribution >= 0.6 is 0 Å². The number of aromatic amines is 1. The molecule has 0 saturated heterocycles. The van der Waals surface area contributed by atoms with E-state index in [1.54, 1.807) is 0 Å². The highest BCUT2D eigenvalue weighted by molar-refractivity contribution is 6.05. The first-order chi connectivity index (χ1) is 12.1. The number of hydrogen-bond donors (Lipinski definition) is 1. The number of ether oxygens (including phenoxy) is 2. The predicted octanol–water partition coefficient (Wildman–Crippen LogP) is 2.80. The monoisotopic (exact) mass is 338 g/mol. The van der Waals surface area contributed by atoms with Crippen LogP contribution in [0.2, 0.25) is 0 Å². The van der Waals surface area contributed by atoms with Gasteiger partial charge < -0.3 is 19.0 Å². The molecular weight excluding hydrogens is 320 g/mol. The molecule has 0 fully saturated rings. The van der Waals surface area contributed by atoms with Gasteiger partial charge in [0.05, 0.1) is 31.9 Å². The molecule has 25 heavy (non-hydrogen) atoms. The average Bonchev–Trinajstić information content (AvgIpc) is 3.14. The molecule has 0 saturated carbocycles. The Labute approximate surface area is 144 Å². The van der Waals surface area contributed by atoms with Gasteiger partial charge in [0.15, 0.2) is 0 Å². The van der Waals surface area contributed by atoms with E-state index in [1.165, 1.54) is 14.2 Å². The van der Waals surface area contributed by atoms with E-state index in [2.05, 4.69) is 11.1 Å². The Hall–Kier alpha value is -3.02. The molecule has 2 aromatic heterocycles. The van der Waals surface area contributed by atoms with Crippen LogP contribution < -0.4 is 0 Å². The van der Waals surface area contributed by atoms with E-state index in [0.29, 0.717) is 29.8 Å². The fraction of sp³-hybridized carbons (Fsp3) is 0.263. The minimum Gasteiger partial charge on any atom is -0.465 e. The molecule has 3 heterocycles. The molecule has 3 aromatic rings. The SMILES string of the molecule is COC(=O)c1c(C(=O)OC)c2n(c1C)Cc1[nH]c3ccccc3c1C2. The highest BCUT2D eigenvalue weighted by atomic mass is 16.5. The summed E-state index contributed by atoms with van der Waals surface area (Å²) in [5.41, 5.74) is 5.43. The molecule has 0 aliphatic carbocycles. The summed E-state index contributed by atoms with van der Waals surface area (Å²) in [5, 5.41) is 1.14. The van der Waals surface area contributed by atoms with E-state index in [9.17, 15) is 9.59 Å². The van der Waals surface area contributed by atoms with Crippen molar-refractivity contribution in [1.82, 2.24) is 9.55 Å². The molecule has 128 valence electrons. The molecule has 6 nitrogen and oxygen atoms in total. The third-order valence-corrected chi connectivity index (χ3v) is 4.97. The summed E-state index contributed by atoms with van der Waals surface area (Å²) >= 11 is 0. The van der Waals surface area contributed by atoms with Crippen LogP contribution in [0, 0.1) is 6.92 Å². The second-order valence-corrected chi connectivity index (χ2v) is 6.16. The van der Waals surface area contributed by atoms with Crippen molar-refractivity contribution in [1.29, 1.82) is 0 Å². The number of hydrogen-bond acceptors (Lipinski definition) is 4. The van der Waals surface area contributed by atoms with E-state index >= 15 is 0 Å². The van der Waals surface area contributed by atoms with Gasteiger partial charge in [-0.2, -0.15) is 0 Å². The number of benzene rings is 1. The molecule has 0 spiro atoms. The summed E-state index contributed by atoms with van der Waals surface area (Å²) in [5.74, 6) is -1.03. The number of esters is 2. The van der Waals surface area contributed by atoms with Gasteiger partial charge in [-0.15, -0.1) is 0 Å². The van der Waals surface area contributed by atoms with Crippen molar-refractivity contribution >= 4 is 22.8 Å². The highest BCUT2D eigenvalue weighted by Crippen LogP contribution is 2.35.